The Labute approximate surface area is 111 Å². The molecule has 0 saturated heterocycles. The van der Waals surface area contributed by atoms with E-state index in [0.717, 1.165) is 0 Å². The van der Waals surface area contributed by atoms with Gasteiger partial charge in [0.05, 0.1) is 13.1 Å². The van der Waals surface area contributed by atoms with Gasteiger partial charge >= 0.3 is 6.18 Å². The van der Waals surface area contributed by atoms with E-state index in [2.05, 4.69) is 15.5 Å². The first kappa shape index (κ1) is 14.4. The SMILES string of the molecule is Fc1ccccc1Cc1noc(CNCC(F)(F)F)n1. The molecule has 0 aliphatic heterocycles. The monoisotopic (exact) mass is 289 g/mol. The molecule has 1 heterocycles. The first-order valence-corrected chi connectivity index (χ1v) is 5.76. The summed E-state index contributed by atoms with van der Waals surface area (Å²) < 4.78 is 53.9. The molecule has 1 aromatic heterocycles. The third kappa shape index (κ3) is 4.30. The minimum absolute atomic E-state index is 0.0283. The van der Waals surface area contributed by atoms with Crippen molar-refractivity contribution in [3.8, 4) is 0 Å². The predicted molar refractivity (Wildman–Crippen MR) is 61.3 cm³/mol. The van der Waals surface area contributed by atoms with Crippen LogP contribution in [-0.2, 0) is 13.0 Å². The number of nitrogens with zero attached hydrogens (tertiary/aromatic N) is 2. The van der Waals surface area contributed by atoms with Crippen LogP contribution in [0.15, 0.2) is 28.8 Å². The molecule has 1 aromatic carbocycles. The second-order valence-corrected chi connectivity index (χ2v) is 4.09. The Morgan fingerprint density at radius 3 is 2.65 bits per heavy atom. The highest BCUT2D eigenvalue weighted by molar-refractivity contribution is 5.20. The van der Waals surface area contributed by atoms with Crippen LogP contribution in [0.5, 0.6) is 0 Å². The molecule has 20 heavy (non-hydrogen) atoms. The molecule has 4 nitrogen and oxygen atoms in total. The van der Waals surface area contributed by atoms with E-state index in [0.29, 0.717) is 5.56 Å². The summed E-state index contributed by atoms with van der Waals surface area (Å²) in [5.41, 5.74) is 0.392. The lowest BCUT2D eigenvalue weighted by atomic mass is 10.1. The van der Waals surface area contributed by atoms with Crippen molar-refractivity contribution < 1.29 is 22.1 Å². The number of nitrogens with one attached hydrogen (secondary N) is 1. The zero-order valence-corrected chi connectivity index (χ0v) is 10.2. The third-order valence-corrected chi connectivity index (χ3v) is 2.42. The van der Waals surface area contributed by atoms with Crippen molar-refractivity contribution in [2.45, 2.75) is 19.1 Å². The van der Waals surface area contributed by atoms with Crippen LogP contribution >= 0.6 is 0 Å². The molecule has 108 valence electrons. The van der Waals surface area contributed by atoms with Gasteiger partial charge in [0, 0.05) is 6.42 Å². The molecule has 0 spiro atoms. The minimum atomic E-state index is -4.30. The molecular formula is C12H11F4N3O. The van der Waals surface area contributed by atoms with Gasteiger partial charge in [0.2, 0.25) is 5.89 Å². The number of hydrogen-bond acceptors (Lipinski definition) is 4. The zero-order valence-electron chi connectivity index (χ0n) is 10.2. The lowest BCUT2D eigenvalue weighted by Crippen LogP contribution is -2.28. The molecule has 0 amide bonds. The normalized spacial score (nSPS) is 11.8. The zero-order chi connectivity index (χ0) is 14.6. The Balaban J connectivity index is 1.91. The molecule has 0 saturated carbocycles. The van der Waals surface area contributed by atoms with Crippen molar-refractivity contribution >= 4 is 0 Å². The van der Waals surface area contributed by atoms with Crippen LogP contribution in [0.1, 0.15) is 17.3 Å². The average molecular weight is 289 g/mol. The maximum absolute atomic E-state index is 13.4. The number of halogens is 4. The minimum Gasteiger partial charge on any atom is -0.338 e. The quantitative estimate of drug-likeness (QED) is 0.859. The summed E-state index contributed by atoms with van der Waals surface area (Å²) in [4.78, 5) is 3.89. The highest BCUT2D eigenvalue weighted by Crippen LogP contribution is 2.13. The molecule has 0 radical (unpaired) electrons. The van der Waals surface area contributed by atoms with E-state index >= 15 is 0 Å². The Morgan fingerprint density at radius 2 is 1.95 bits per heavy atom. The molecule has 0 fully saturated rings. The standard InChI is InChI=1S/C12H11F4N3O/c13-9-4-2-1-3-8(9)5-10-18-11(20-19-10)6-17-7-12(14,15)16/h1-4,17H,5-7H2. The van der Waals surface area contributed by atoms with Gasteiger partial charge in [-0.15, -0.1) is 0 Å². The summed E-state index contributed by atoms with van der Waals surface area (Å²) in [5, 5.41) is 5.73. The Kier molecular flexibility index (Phi) is 4.33. The van der Waals surface area contributed by atoms with Crippen LogP contribution in [0.4, 0.5) is 17.6 Å². The number of aromatic nitrogens is 2. The smallest absolute Gasteiger partial charge is 0.338 e. The van der Waals surface area contributed by atoms with Gasteiger partial charge in [-0.05, 0) is 11.6 Å². The summed E-state index contributed by atoms with van der Waals surface area (Å²) in [6, 6.07) is 6.11. The van der Waals surface area contributed by atoms with Crippen LogP contribution in [0, 0.1) is 5.82 Å². The summed E-state index contributed by atoms with van der Waals surface area (Å²) in [5.74, 6) is -0.145. The lowest BCUT2D eigenvalue weighted by molar-refractivity contribution is -0.125. The van der Waals surface area contributed by atoms with Crippen LogP contribution < -0.4 is 5.32 Å². The molecule has 0 aliphatic carbocycles. The van der Waals surface area contributed by atoms with Crippen molar-refractivity contribution in [1.82, 2.24) is 15.5 Å². The molecule has 0 bridgehead atoms. The molecule has 0 aliphatic rings. The van der Waals surface area contributed by atoms with E-state index in [9.17, 15) is 17.6 Å². The van der Waals surface area contributed by atoms with Gasteiger partial charge in [-0.3, -0.25) is 0 Å². The van der Waals surface area contributed by atoms with Gasteiger partial charge in [-0.2, -0.15) is 18.2 Å². The fourth-order valence-corrected chi connectivity index (χ4v) is 1.56. The van der Waals surface area contributed by atoms with Crippen molar-refractivity contribution in [2.75, 3.05) is 6.54 Å². The summed E-state index contributed by atoms with van der Waals surface area (Å²) >= 11 is 0. The molecule has 1 N–H and O–H groups in total. The largest absolute Gasteiger partial charge is 0.401 e. The number of hydrogen-bond donors (Lipinski definition) is 1. The van der Waals surface area contributed by atoms with Crippen LogP contribution in [-0.4, -0.2) is 22.9 Å². The summed E-state index contributed by atoms with van der Waals surface area (Å²) in [6.45, 7) is -1.33. The van der Waals surface area contributed by atoms with Gasteiger partial charge in [0.25, 0.3) is 0 Å². The lowest BCUT2D eigenvalue weighted by Gasteiger charge is -2.05. The molecule has 2 rings (SSSR count). The molecule has 2 aromatic rings. The number of alkyl halides is 3. The second-order valence-electron chi connectivity index (χ2n) is 4.09. The van der Waals surface area contributed by atoms with Gasteiger partial charge < -0.3 is 9.84 Å². The van der Waals surface area contributed by atoms with Crippen LogP contribution in [0.25, 0.3) is 0 Å². The maximum Gasteiger partial charge on any atom is 0.401 e. The number of rotatable bonds is 5. The van der Waals surface area contributed by atoms with E-state index in [4.69, 9.17) is 4.52 Å². The van der Waals surface area contributed by atoms with Gasteiger partial charge in [-0.1, -0.05) is 23.4 Å². The van der Waals surface area contributed by atoms with E-state index < -0.39 is 18.5 Å². The van der Waals surface area contributed by atoms with Gasteiger partial charge in [0.15, 0.2) is 5.82 Å². The van der Waals surface area contributed by atoms with E-state index in [1.165, 1.54) is 6.07 Å². The Hall–Kier alpha value is -1.96. The molecule has 0 unspecified atom stereocenters. The Bertz CT molecular complexity index is 568. The van der Waals surface area contributed by atoms with E-state index in [-0.39, 0.29) is 24.7 Å². The van der Waals surface area contributed by atoms with Crippen molar-refractivity contribution in [1.29, 1.82) is 0 Å². The first-order chi connectivity index (χ1) is 9.44. The van der Waals surface area contributed by atoms with Crippen molar-refractivity contribution in [3.63, 3.8) is 0 Å². The highest BCUT2D eigenvalue weighted by atomic mass is 19.4. The van der Waals surface area contributed by atoms with Crippen LogP contribution in [0.2, 0.25) is 0 Å². The van der Waals surface area contributed by atoms with Crippen LogP contribution in [0.3, 0.4) is 0 Å². The fourth-order valence-electron chi connectivity index (χ4n) is 1.56. The fraction of sp³-hybridized carbons (Fsp3) is 0.333. The first-order valence-electron chi connectivity index (χ1n) is 5.76. The molecule has 0 atom stereocenters. The molecular weight excluding hydrogens is 278 g/mol. The third-order valence-electron chi connectivity index (χ3n) is 2.42. The highest BCUT2D eigenvalue weighted by Gasteiger charge is 2.26. The average Bonchev–Trinajstić information content (AvgIpc) is 2.78. The van der Waals surface area contributed by atoms with E-state index in [1.807, 2.05) is 0 Å². The van der Waals surface area contributed by atoms with E-state index in [1.54, 1.807) is 18.2 Å². The van der Waals surface area contributed by atoms with Crippen molar-refractivity contribution in [2.24, 2.45) is 0 Å². The van der Waals surface area contributed by atoms with Crippen molar-refractivity contribution in [3.05, 3.63) is 47.4 Å². The van der Waals surface area contributed by atoms with Gasteiger partial charge in [-0.25, -0.2) is 4.39 Å². The number of benzene rings is 1. The summed E-state index contributed by atoms with van der Waals surface area (Å²) in [7, 11) is 0. The maximum atomic E-state index is 13.4. The summed E-state index contributed by atoms with van der Waals surface area (Å²) in [6.07, 6.45) is -4.18. The second kappa shape index (κ2) is 6.00. The molecule has 8 heteroatoms. The topological polar surface area (TPSA) is 51.0 Å². The van der Waals surface area contributed by atoms with Gasteiger partial charge in [0.1, 0.15) is 5.82 Å². The predicted octanol–water partition coefficient (Wildman–Crippen LogP) is 2.45. The Morgan fingerprint density at radius 1 is 1.20 bits per heavy atom.